The van der Waals surface area contributed by atoms with Gasteiger partial charge in [-0.3, -0.25) is 4.79 Å². The molecule has 0 bridgehead atoms. The molecule has 3 N–H and O–H groups in total. The lowest BCUT2D eigenvalue weighted by molar-refractivity contribution is -0.118. The first-order valence-corrected chi connectivity index (χ1v) is 8.63. The van der Waals surface area contributed by atoms with Gasteiger partial charge in [-0.05, 0) is 28.4 Å². The molecule has 7 nitrogen and oxygen atoms in total. The first-order chi connectivity index (χ1) is 9.88. The number of halogens is 2. The van der Waals surface area contributed by atoms with E-state index < -0.39 is 10.0 Å². The zero-order chi connectivity index (χ0) is 15.2. The summed E-state index contributed by atoms with van der Waals surface area (Å²) in [6.07, 6.45) is 0.647. The van der Waals surface area contributed by atoms with Crippen molar-refractivity contribution >= 4 is 50.0 Å². The van der Waals surface area contributed by atoms with Crippen molar-refractivity contribution in [2.24, 2.45) is 5.73 Å². The van der Waals surface area contributed by atoms with Crippen molar-refractivity contribution in [3.63, 3.8) is 0 Å². The molecule has 1 fully saturated rings. The van der Waals surface area contributed by atoms with E-state index in [4.69, 9.17) is 10.5 Å². The van der Waals surface area contributed by atoms with Crippen LogP contribution in [0.15, 0.2) is 21.5 Å². The highest BCUT2D eigenvalue weighted by molar-refractivity contribution is 9.10. The average molecular weight is 413 g/mol. The first-order valence-electron chi connectivity index (χ1n) is 6.40. The largest absolute Gasteiger partial charge is 0.482 e. The highest BCUT2D eigenvalue weighted by atomic mass is 79.9. The van der Waals surface area contributed by atoms with Crippen LogP contribution in [0.3, 0.4) is 0 Å². The predicted molar refractivity (Wildman–Crippen MR) is 86.9 cm³/mol. The molecule has 1 aromatic carbocycles. The number of nitrogens with zero attached hydrogens (tertiary/aromatic N) is 1. The normalized spacial score (nSPS) is 21.5. The molecule has 0 saturated carbocycles. The lowest BCUT2D eigenvalue weighted by atomic mass is 10.2. The Morgan fingerprint density at radius 1 is 1.41 bits per heavy atom. The first kappa shape index (κ1) is 17.5. The fraction of sp³-hybridized carbons (Fsp3) is 0.417. The Morgan fingerprint density at radius 2 is 2.14 bits per heavy atom. The number of carbonyl (C=O) groups is 1. The van der Waals surface area contributed by atoms with Crippen molar-refractivity contribution in [1.82, 2.24) is 4.31 Å². The number of hydrogen-bond donors (Lipinski definition) is 2. The minimum Gasteiger partial charge on any atom is -0.482 e. The number of nitrogens with two attached hydrogens (primary N) is 1. The Kier molecular flexibility index (Phi) is 5.03. The number of amides is 1. The second-order valence-electron chi connectivity index (χ2n) is 5.03. The van der Waals surface area contributed by atoms with Crippen LogP contribution in [0.5, 0.6) is 5.75 Å². The quantitative estimate of drug-likeness (QED) is 0.752. The minimum atomic E-state index is -3.64. The second-order valence-corrected chi connectivity index (χ2v) is 7.79. The van der Waals surface area contributed by atoms with Gasteiger partial charge in [-0.1, -0.05) is 0 Å². The third-order valence-electron chi connectivity index (χ3n) is 3.47. The molecule has 3 rings (SSSR count). The summed E-state index contributed by atoms with van der Waals surface area (Å²) >= 11 is 3.25. The maximum absolute atomic E-state index is 12.6. The van der Waals surface area contributed by atoms with E-state index in [1.807, 2.05) is 0 Å². The molecular weight excluding hydrogens is 398 g/mol. The Morgan fingerprint density at radius 3 is 2.77 bits per heavy atom. The Labute approximate surface area is 142 Å². The molecule has 2 aliphatic heterocycles. The van der Waals surface area contributed by atoms with Gasteiger partial charge in [0.05, 0.1) is 5.69 Å². The smallest absolute Gasteiger partial charge is 0.262 e. The zero-order valence-corrected chi connectivity index (χ0v) is 14.6. The maximum atomic E-state index is 12.6. The van der Waals surface area contributed by atoms with Crippen LogP contribution < -0.4 is 15.8 Å². The number of anilines is 1. The van der Waals surface area contributed by atoms with E-state index in [2.05, 4.69) is 21.2 Å². The van der Waals surface area contributed by atoms with Crippen LogP contribution in [-0.2, 0) is 14.8 Å². The van der Waals surface area contributed by atoms with E-state index >= 15 is 0 Å². The fourth-order valence-corrected chi connectivity index (χ4v) is 4.92. The summed E-state index contributed by atoms with van der Waals surface area (Å²) in [4.78, 5) is 11.4. The number of fused-ring (bicyclic) bond motifs is 1. The standard InChI is InChI=1S/C12H14BrN3O4S.ClH/c13-8-3-9-10(20-6-12(17)15-9)4-11(8)21(18,19)16-2-1-7(14)5-16;/h3-4,7H,1-2,5-6,14H2,(H,15,17);1H/t7-;/m1./s1. The molecule has 0 unspecified atom stereocenters. The molecule has 10 heteroatoms. The summed E-state index contributed by atoms with van der Waals surface area (Å²) in [6, 6.07) is 2.83. The average Bonchev–Trinajstić information content (AvgIpc) is 2.85. The van der Waals surface area contributed by atoms with Crippen molar-refractivity contribution in [2.75, 3.05) is 25.0 Å². The number of hydrogen-bond acceptors (Lipinski definition) is 5. The fourth-order valence-electron chi connectivity index (χ4n) is 2.39. The molecular formula is C12H15BrClN3O4S. The van der Waals surface area contributed by atoms with Crippen molar-refractivity contribution in [3.05, 3.63) is 16.6 Å². The minimum absolute atomic E-state index is 0. The van der Waals surface area contributed by atoms with E-state index in [0.717, 1.165) is 0 Å². The van der Waals surface area contributed by atoms with E-state index in [9.17, 15) is 13.2 Å². The summed E-state index contributed by atoms with van der Waals surface area (Å²) in [7, 11) is -3.64. The van der Waals surface area contributed by atoms with Gasteiger partial charge in [0.25, 0.3) is 5.91 Å². The third kappa shape index (κ3) is 3.09. The summed E-state index contributed by atoms with van der Waals surface area (Å²) in [5, 5.41) is 2.63. The Hall–Kier alpha value is -0.870. The van der Waals surface area contributed by atoms with Crippen molar-refractivity contribution < 1.29 is 17.9 Å². The molecule has 2 aliphatic rings. The number of nitrogens with one attached hydrogen (secondary N) is 1. The molecule has 2 heterocycles. The van der Waals surface area contributed by atoms with Gasteiger partial charge in [-0.2, -0.15) is 4.31 Å². The molecule has 0 aliphatic carbocycles. The lowest BCUT2D eigenvalue weighted by Gasteiger charge is -2.22. The molecule has 122 valence electrons. The van der Waals surface area contributed by atoms with Crippen molar-refractivity contribution in [2.45, 2.75) is 17.4 Å². The van der Waals surface area contributed by atoms with Crippen LogP contribution >= 0.6 is 28.3 Å². The van der Waals surface area contributed by atoms with Crippen LogP contribution in [0.2, 0.25) is 0 Å². The Balaban J connectivity index is 0.00000176. The number of carbonyl (C=O) groups excluding carboxylic acids is 1. The summed E-state index contributed by atoms with van der Waals surface area (Å²) in [5.41, 5.74) is 6.23. The zero-order valence-electron chi connectivity index (χ0n) is 11.4. The van der Waals surface area contributed by atoms with Gasteiger partial charge >= 0.3 is 0 Å². The molecule has 1 atom stereocenters. The lowest BCUT2D eigenvalue weighted by Crippen LogP contribution is -2.32. The number of rotatable bonds is 2. The van der Waals surface area contributed by atoms with E-state index in [1.54, 1.807) is 0 Å². The second kappa shape index (κ2) is 6.32. The molecule has 1 saturated heterocycles. The van der Waals surface area contributed by atoms with Crippen LogP contribution in [0.1, 0.15) is 6.42 Å². The maximum Gasteiger partial charge on any atom is 0.262 e. The topological polar surface area (TPSA) is 102 Å². The predicted octanol–water partition coefficient (Wildman–Crippen LogP) is 0.923. The molecule has 0 radical (unpaired) electrons. The molecule has 22 heavy (non-hydrogen) atoms. The van der Waals surface area contributed by atoms with Gasteiger partial charge in [-0.25, -0.2) is 8.42 Å². The number of benzene rings is 1. The van der Waals surface area contributed by atoms with Gasteiger partial charge in [0.15, 0.2) is 6.61 Å². The number of sulfonamides is 1. The molecule has 0 aromatic heterocycles. The van der Waals surface area contributed by atoms with Gasteiger partial charge in [0, 0.05) is 29.7 Å². The van der Waals surface area contributed by atoms with Crippen LogP contribution in [0.4, 0.5) is 5.69 Å². The highest BCUT2D eigenvalue weighted by Crippen LogP contribution is 2.37. The van der Waals surface area contributed by atoms with Crippen LogP contribution in [0.25, 0.3) is 0 Å². The highest BCUT2D eigenvalue weighted by Gasteiger charge is 2.33. The molecule has 1 amide bonds. The van der Waals surface area contributed by atoms with Crippen molar-refractivity contribution in [1.29, 1.82) is 0 Å². The Bertz CT molecular complexity index is 713. The third-order valence-corrected chi connectivity index (χ3v) is 6.30. The molecule has 1 aromatic rings. The summed E-state index contributed by atoms with van der Waals surface area (Å²) in [6.45, 7) is 0.594. The van der Waals surface area contributed by atoms with Crippen LogP contribution in [-0.4, -0.2) is 44.4 Å². The van der Waals surface area contributed by atoms with Gasteiger partial charge in [0.2, 0.25) is 10.0 Å². The summed E-state index contributed by atoms with van der Waals surface area (Å²) < 4.78 is 32.3. The SMILES string of the molecule is Cl.N[C@@H]1CCN(S(=O)(=O)c2cc3c(cc2Br)NC(=O)CO3)C1. The van der Waals surface area contributed by atoms with Crippen molar-refractivity contribution in [3.8, 4) is 5.75 Å². The van der Waals surface area contributed by atoms with Gasteiger partial charge in [0.1, 0.15) is 10.6 Å². The monoisotopic (exact) mass is 411 g/mol. The van der Waals surface area contributed by atoms with E-state index in [1.165, 1.54) is 16.4 Å². The van der Waals surface area contributed by atoms with Crippen LogP contribution in [0, 0.1) is 0 Å². The molecule has 0 spiro atoms. The number of ether oxygens (including phenoxy) is 1. The van der Waals surface area contributed by atoms with Gasteiger partial charge in [-0.15, -0.1) is 12.4 Å². The van der Waals surface area contributed by atoms with E-state index in [-0.39, 0.29) is 35.9 Å². The van der Waals surface area contributed by atoms with E-state index in [0.29, 0.717) is 35.4 Å². The summed E-state index contributed by atoms with van der Waals surface area (Å²) in [5.74, 6) is 0.0791. The van der Waals surface area contributed by atoms with Gasteiger partial charge < -0.3 is 15.8 Å².